The van der Waals surface area contributed by atoms with Crippen molar-refractivity contribution in [2.24, 2.45) is 5.92 Å². The summed E-state index contributed by atoms with van der Waals surface area (Å²) in [6.07, 6.45) is 0. The highest BCUT2D eigenvalue weighted by Gasteiger charge is 2.39. The molecule has 1 aliphatic heterocycles. The van der Waals surface area contributed by atoms with Gasteiger partial charge in [0.25, 0.3) is 5.91 Å². The molecule has 1 aliphatic rings. The molecule has 108 valence electrons. The Bertz CT molecular complexity index is 490. The van der Waals surface area contributed by atoms with Crippen molar-refractivity contribution in [2.45, 2.75) is 37.0 Å². The lowest BCUT2D eigenvalue weighted by Crippen LogP contribution is -2.37. The maximum Gasteiger partial charge on any atom is 0.324 e. The van der Waals surface area contributed by atoms with Crippen molar-refractivity contribution in [1.82, 2.24) is 10.2 Å². The average molecular weight is 292 g/mol. The predicted molar refractivity (Wildman–Crippen MR) is 80.6 cm³/mol. The number of amides is 3. The third kappa shape index (κ3) is 3.33. The van der Waals surface area contributed by atoms with Crippen molar-refractivity contribution in [1.29, 1.82) is 0 Å². The van der Waals surface area contributed by atoms with Gasteiger partial charge in [-0.15, -0.1) is 11.8 Å². The van der Waals surface area contributed by atoms with Crippen LogP contribution in [0.2, 0.25) is 0 Å². The molecule has 2 atom stereocenters. The molecule has 1 fully saturated rings. The number of carbonyl (C=O) groups excluding carboxylic acids is 2. The first-order chi connectivity index (χ1) is 9.49. The lowest BCUT2D eigenvalue weighted by atomic mass is 10.1. The summed E-state index contributed by atoms with van der Waals surface area (Å²) in [5.74, 6) is 0.0130. The Kier molecular flexibility index (Phi) is 4.70. The van der Waals surface area contributed by atoms with E-state index in [1.165, 1.54) is 4.90 Å². The quantitative estimate of drug-likeness (QED) is 0.670. The molecule has 2 rings (SSSR count). The van der Waals surface area contributed by atoms with Gasteiger partial charge in [-0.2, -0.15) is 0 Å². The number of rotatable bonds is 5. The van der Waals surface area contributed by atoms with E-state index >= 15 is 0 Å². The van der Waals surface area contributed by atoms with Crippen molar-refractivity contribution in [3.63, 3.8) is 0 Å². The van der Waals surface area contributed by atoms with Crippen LogP contribution in [0.1, 0.15) is 20.8 Å². The molecule has 5 heteroatoms. The minimum Gasteiger partial charge on any atom is -0.326 e. The molecule has 20 heavy (non-hydrogen) atoms. The molecule has 4 nitrogen and oxygen atoms in total. The van der Waals surface area contributed by atoms with Gasteiger partial charge in [-0.25, -0.2) is 4.79 Å². The second-order valence-corrected chi connectivity index (χ2v) is 6.87. The third-order valence-corrected chi connectivity index (χ3v) is 4.34. The van der Waals surface area contributed by atoms with E-state index in [1.807, 2.05) is 51.1 Å². The Labute approximate surface area is 123 Å². The van der Waals surface area contributed by atoms with Crippen molar-refractivity contribution in [3.8, 4) is 0 Å². The molecule has 0 aliphatic carbocycles. The summed E-state index contributed by atoms with van der Waals surface area (Å²) in [5, 5.41) is 2.92. The minimum atomic E-state index is -0.378. The highest BCUT2D eigenvalue weighted by Crippen LogP contribution is 2.24. The molecule has 0 bridgehead atoms. The summed E-state index contributed by atoms with van der Waals surface area (Å²) in [6.45, 7) is 6.34. The first kappa shape index (κ1) is 14.9. The number of thioether (sulfide) groups is 1. The fraction of sp³-hybridized carbons (Fsp3) is 0.467. The van der Waals surface area contributed by atoms with Crippen LogP contribution in [0.4, 0.5) is 4.79 Å². The van der Waals surface area contributed by atoms with Crippen LogP contribution >= 0.6 is 11.8 Å². The van der Waals surface area contributed by atoms with Gasteiger partial charge in [-0.05, 0) is 18.1 Å². The van der Waals surface area contributed by atoms with E-state index in [-0.39, 0.29) is 29.1 Å². The molecular formula is C15H20N2O2S. The molecule has 1 aromatic carbocycles. The van der Waals surface area contributed by atoms with E-state index < -0.39 is 0 Å². The Morgan fingerprint density at radius 1 is 1.20 bits per heavy atom. The van der Waals surface area contributed by atoms with Crippen molar-refractivity contribution in [2.75, 3.05) is 6.54 Å². The van der Waals surface area contributed by atoms with Crippen LogP contribution in [0.25, 0.3) is 0 Å². The maximum absolute atomic E-state index is 12.2. The summed E-state index contributed by atoms with van der Waals surface area (Å²) in [4.78, 5) is 26.5. The van der Waals surface area contributed by atoms with Gasteiger partial charge >= 0.3 is 6.03 Å². The molecule has 1 heterocycles. The maximum atomic E-state index is 12.2. The second kappa shape index (κ2) is 6.31. The standard InChI is InChI=1S/C15H20N2O2S/c1-10(2)13-14(18)17(15(19)16-13)9-11(3)20-12-7-5-4-6-8-12/h4-8,10-11,13H,9H2,1-3H3,(H,16,19)/t11-,13+/m1/s1. The zero-order valence-electron chi connectivity index (χ0n) is 12.0. The molecule has 3 amide bonds. The Hall–Kier alpha value is -1.49. The van der Waals surface area contributed by atoms with E-state index in [0.29, 0.717) is 6.54 Å². The largest absolute Gasteiger partial charge is 0.326 e. The van der Waals surface area contributed by atoms with Crippen LogP contribution in [0.3, 0.4) is 0 Å². The van der Waals surface area contributed by atoms with Gasteiger partial charge in [0.05, 0.1) is 0 Å². The number of carbonyl (C=O) groups is 2. The first-order valence-electron chi connectivity index (χ1n) is 6.82. The molecule has 0 spiro atoms. The average Bonchev–Trinajstić information content (AvgIpc) is 2.68. The smallest absolute Gasteiger partial charge is 0.324 e. The van der Waals surface area contributed by atoms with Crippen molar-refractivity contribution < 1.29 is 9.59 Å². The number of imide groups is 1. The first-order valence-corrected chi connectivity index (χ1v) is 7.70. The number of benzene rings is 1. The molecule has 0 saturated carbocycles. The fourth-order valence-corrected chi connectivity index (χ4v) is 3.19. The number of urea groups is 1. The van der Waals surface area contributed by atoms with Crippen LogP contribution in [0.5, 0.6) is 0 Å². The van der Waals surface area contributed by atoms with E-state index in [1.54, 1.807) is 11.8 Å². The lowest BCUT2D eigenvalue weighted by Gasteiger charge is -2.18. The number of hydrogen-bond acceptors (Lipinski definition) is 3. The summed E-state index contributed by atoms with van der Waals surface area (Å²) in [7, 11) is 0. The van der Waals surface area contributed by atoms with Crippen LogP contribution < -0.4 is 5.32 Å². The minimum absolute atomic E-state index is 0.106. The molecule has 0 radical (unpaired) electrons. The predicted octanol–water partition coefficient (Wildman–Crippen LogP) is 2.74. The topological polar surface area (TPSA) is 49.4 Å². The number of nitrogens with zero attached hydrogens (tertiary/aromatic N) is 1. The SMILES string of the molecule is CC(C)[C@@H]1NC(=O)N(C[C@@H](C)Sc2ccccc2)C1=O. The summed E-state index contributed by atoms with van der Waals surface area (Å²) in [5.41, 5.74) is 0. The summed E-state index contributed by atoms with van der Waals surface area (Å²) >= 11 is 1.67. The van der Waals surface area contributed by atoms with E-state index in [4.69, 9.17) is 0 Å². The zero-order chi connectivity index (χ0) is 14.7. The van der Waals surface area contributed by atoms with Gasteiger partial charge in [0.1, 0.15) is 6.04 Å². The molecular weight excluding hydrogens is 272 g/mol. The number of nitrogens with one attached hydrogen (secondary N) is 1. The van der Waals surface area contributed by atoms with Gasteiger partial charge in [0, 0.05) is 16.7 Å². The summed E-state index contributed by atoms with van der Waals surface area (Å²) < 4.78 is 0. The van der Waals surface area contributed by atoms with E-state index in [2.05, 4.69) is 5.32 Å². The van der Waals surface area contributed by atoms with Gasteiger partial charge < -0.3 is 5.32 Å². The van der Waals surface area contributed by atoms with Crippen LogP contribution in [0, 0.1) is 5.92 Å². The monoisotopic (exact) mass is 292 g/mol. The highest BCUT2D eigenvalue weighted by molar-refractivity contribution is 8.00. The molecule has 0 aromatic heterocycles. The van der Waals surface area contributed by atoms with Gasteiger partial charge in [-0.3, -0.25) is 9.69 Å². The Morgan fingerprint density at radius 3 is 2.40 bits per heavy atom. The van der Waals surface area contributed by atoms with Gasteiger partial charge in [0.2, 0.25) is 0 Å². The molecule has 1 saturated heterocycles. The highest BCUT2D eigenvalue weighted by atomic mass is 32.2. The molecule has 1 aromatic rings. The zero-order valence-corrected chi connectivity index (χ0v) is 12.8. The normalized spacial score (nSPS) is 20.4. The third-order valence-electron chi connectivity index (χ3n) is 3.24. The fourth-order valence-electron chi connectivity index (χ4n) is 2.19. The molecule has 1 N–H and O–H groups in total. The Balaban J connectivity index is 1.96. The van der Waals surface area contributed by atoms with E-state index in [9.17, 15) is 9.59 Å². The van der Waals surface area contributed by atoms with Crippen molar-refractivity contribution in [3.05, 3.63) is 30.3 Å². The van der Waals surface area contributed by atoms with Crippen molar-refractivity contribution >= 4 is 23.7 Å². The number of hydrogen-bond donors (Lipinski definition) is 1. The van der Waals surface area contributed by atoms with Gasteiger partial charge in [-0.1, -0.05) is 39.0 Å². The summed E-state index contributed by atoms with van der Waals surface area (Å²) in [6, 6.07) is 9.35. The Morgan fingerprint density at radius 2 is 1.85 bits per heavy atom. The van der Waals surface area contributed by atoms with Crippen LogP contribution in [-0.2, 0) is 4.79 Å². The van der Waals surface area contributed by atoms with Crippen LogP contribution in [-0.4, -0.2) is 34.7 Å². The van der Waals surface area contributed by atoms with E-state index in [0.717, 1.165) is 4.90 Å². The second-order valence-electron chi connectivity index (χ2n) is 5.36. The lowest BCUT2D eigenvalue weighted by molar-refractivity contribution is -0.128. The van der Waals surface area contributed by atoms with Crippen LogP contribution in [0.15, 0.2) is 35.2 Å². The van der Waals surface area contributed by atoms with Gasteiger partial charge in [0.15, 0.2) is 0 Å². The molecule has 0 unspecified atom stereocenters.